The molecule has 0 amide bonds. The summed E-state index contributed by atoms with van der Waals surface area (Å²) in [5.74, 6) is 2.24. The van der Waals surface area contributed by atoms with Crippen molar-refractivity contribution in [2.24, 2.45) is 5.92 Å². The van der Waals surface area contributed by atoms with Crippen LogP contribution in [0.15, 0.2) is 10.7 Å². The first-order valence-electron chi connectivity index (χ1n) is 6.65. The van der Waals surface area contributed by atoms with E-state index in [1.54, 1.807) is 0 Å². The van der Waals surface area contributed by atoms with Crippen molar-refractivity contribution < 1.29 is 4.42 Å². The molecule has 2 saturated heterocycles. The maximum atomic E-state index is 5.60. The van der Waals surface area contributed by atoms with Gasteiger partial charge in [-0.15, -0.1) is 0 Å². The largest absolute Gasteiger partial charge is 0.449 e. The van der Waals surface area contributed by atoms with E-state index in [2.05, 4.69) is 22.2 Å². The van der Waals surface area contributed by atoms with Crippen LogP contribution in [0.25, 0.3) is 0 Å². The lowest BCUT2D eigenvalue weighted by atomic mass is 9.96. The van der Waals surface area contributed by atoms with Crippen LogP contribution >= 0.6 is 0 Å². The molecule has 3 rings (SSSR count). The molecule has 2 aliphatic rings. The van der Waals surface area contributed by atoms with Gasteiger partial charge >= 0.3 is 0 Å². The van der Waals surface area contributed by atoms with Crippen LogP contribution < -0.4 is 5.32 Å². The molecule has 2 aliphatic heterocycles. The normalized spacial score (nSPS) is 27.0. The second kappa shape index (κ2) is 4.78. The van der Waals surface area contributed by atoms with Crippen molar-refractivity contribution >= 4 is 0 Å². The van der Waals surface area contributed by atoms with Gasteiger partial charge in [-0.25, -0.2) is 4.98 Å². The Morgan fingerprint density at radius 2 is 2.41 bits per heavy atom. The molecule has 1 aromatic rings. The number of piperidine rings is 1. The molecule has 2 fully saturated rings. The molecule has 0 bridgehead atoms. The highest BCUT2D eigenvalue weighted by Gasteiger charge is 2.24. The molecule has 3 heterocycles. The second-order valence-corrected chi connectivity index (χ2v) is 5.50. The fourth-order valence-electron chi connectivity index (χ4n) is 2.75. The van der Waals surface area contributed by atoms with Crippen LogP contribution in [0.4, 0.5) is 0 Å². The van der Waals surface area contributed by atoms with Gasteiger partial charge in [0.1, 0.15) is 6.26 Å². The number of likely N-dealkylation sites (tertiary alicyclic amines) is 1. The molecule has 0 radical (unpaired) electrons. The van der Waals surface area contributed by atoms with Crippen LogP contribution in [-0.4, -0.2) is 43.1 Å². The first kappa shape index (κ1) is 11.2. The third kappa shape index (κ3) is 2.53. The number of nitrogens with zero attached hydrogens (tertiary/aromatic N) is 2. The van der Waals surface area contributed by atoms with Gasteiger partial charge in [0.2, 0.25) is 0 Å². The molecule has 94 valence electrons. The predicted molar refractivity (Wildman–Crippen MR) is 66.0 cm³/mol. The minimum absolute atomic E-state index is 0.575. The van der Waals surface area contributed by atoms with Crippen molar-refractivity contribution in [3.05, 3.63) is 17.8 Å². The Kier molecular flexibility index (Phi) is 3.16. The van der Waals surface area contributed by atoms with Gasteiger partial charge < -0.3 is 14.6 Å². The summed E-state index contributed by atoms with van der Waals surface area (Å²) in [6.45, 7) is 4.57. The zero-order valence-electron chi connectivity index (χ0n) is 10.5. The maximum Gasteiger partial charge on any atom is 0.194 e. The molecule has 1 aromatic heterocycles. The maximum absolute atomic E-state index is 5.60. The zero-order valence-corrected chi connectivity index (χ0v) is 10.5. The van der Waals surface area contributed by atoms with E-state index in [-0.39, 0.29) is 0 Å². The van der Waals surface area contributed by atoms with Crippen molar-refractivity contribution in [2.75, 3.05) is 33.2 Å². The predicted octanol–water partition coefficient (Wildman–Crippen LogP) is 1.25. The average molecular weight is 235 g/mol. The number of oxazole rings is 1. The van der Waals surface area contributed by atoms with Crippen LogP contribution in [0.3, 0.4) is 0 Å². The molecule has 1 N–H and O–H groups in total. The van der Waals surface area contributed by atoms with E-state index >= 15 is 0 Å². The lowest BCUT2D eigenvalue weighted by Gasteiger charge is -2.28. The quantitative estimate of drug-likeness (QED) is 0.856. The van der Waals surface area contributed by atoms with Gasteiger partial charge in [-0.05, 0) is 45.4 Å². The molecule has 1 unspecified atom stereocenters. The number of hydrogen-bond acceptors (Lipinski definition) is 4. The van der Waals surface area contributed by atoms with Gasteiger partial charge in [-0.1, -0.05) is 0 Å². The molecule has 0 aliphatic carbocycles. The summed E-state index contributed by atoms with van der Waals surface area (Å²) >= 11 is 0. The van der Waals surface area contributed by atoms with Crippen LogP contribution in [0, 0.1) is 5.92 Å². The Bertz CT molecular complexity index is 372. The fraction of sp³-hybridized carbons (Fsp3) is 0.769. The highest BCUT2D eigenvalue weighted by Crippen LogP contribution is 2.26. The summed E-state index contributed by atoms with van der Waals surface area (Å²) in [7, 11) is 2.19. The van der Waals surface area contributed by atoms with E-state index < -0.39 is 0 Å². The Morgan fingerprint density at radius 1 is 1.53 bits per heavy atom. The van der Waals surface area contributed by atoms with Crippen molar-refractivity contribution in [3.8, 4) is 0 Å². The molecule has 0 spiro atoms. The Balaban J connectivity index is 1.62. The number of rotatable bonds is 3. The van der Waals surface area contributed by atoms with Gasteiger partial charge in [0.05, 0.1) is 5.69 Å². The first-order valence-corrected chi connectivity index (χ1v) is 6.65. The van der Waals surface area contributed by atoms with E-state index in [0.29, 0.717) is 5.92 Å². The van der Waals surface area contributed by atoms with Gasteiger partial charge in [0.25, 0.3) is 0 Å². The average Bonchev–Trinajstić information content (AvgIpc) is 2.72. The summed E-state index contributed by atoms with van der Waals surface area (Å²) < 4.78 is 5.60. The summed E-state index contributed by atoms with van der Waals surface area (Å²) in [6, 6.07) is 0. The van der Waals surface area contributed by atoms with Crippen molar-refractivity contribution in [1.29, 1.82) is 0 Å². The van der Waals surface area contributed by atoms with E-state index in [9.17, 15) is 0 Å². The lowest BCUT2D eigenvalue weighted by Crippen LogP contribution is -2.43. The SMILES string of the molecule is CN1CCCC(c2coc(CC3CNC3)n2)C1. The minimum Gasteiger partial charge on any atom is -0.449 e. The highest BCUT2D eigenvalue weighted by atomic mass is 16.3. The molecular weight excluding hydrogens is 214 g/mol. The summed E-state index contributed by atoms with van der Waals surface area (Å²) in [6.07, 6.45) is 5.40. The number of likely N-dealkylation sites (N-methyl/N-ethyl adjacent to an activating group) is 1. The fourth-order valence-corrected chi connectivity index (χ4v) is 2.75. The smallest absolute Gasteiger partial charge is 0.194 e. The van der Waals surface area contributed by atoms with Crippen molar-refractivity contribution in [3.63, 3.8) is 0 Å². The molecule has 1 atom stereocenters. The minimum atomic E-state index is 0.575. The topological polar surface area (TPSA) is 41.3 Å². The van der Waals surface area contributed by atoms with Crippen molar-refractivity contribution in [1.82, 2.24) is 15.2 Å². The molecular formula is C13H21N3O. The van der Waals surface area contributed by atoms with E-state index in [1.807, 2.05) is 6.26 Å². The number of aromatic nitrogens is 1. The third-order valence-corrected chi connectivity index (χ3v) is 3.94. The van der Waals surface area contributed by atoms with Crippen LogP contribution in [-0.2, 0) is 6.42 Å². The molecule has 17 heavy (non-hydrogen) atoms. The summed E-state index contributed by atoms with van der Waals surface area (Å²) in [5, 5.41) is 3.28. The standard InChI is InChI=1S/C13H21N3O/c1-16-4-2-3-11(8-16)12-9-17-13(15-12)5-10-6-14-7-10/h9-11,14H,2-8H2,1H3. The summed E-state index contributed by atoms with van der Waals surface area (Å²) in [5.41, 5.74) is 1.17. The first-order chi connectivity index (χ1) is 8.31. The molecule has 0 aromatic carbocycles. The van der Waals surface area contributed by atoms with E-state index in [1.165, 1.54) is 25.1 Å². The van der Waals surface area contributed by atoms with Gasteiger partial charge in [0, 0.05) is 18.9 Å². The van der Waals surface area contributed by atoms with Crippen LogP contribution in [0.2, 0.25) is 0 Å². The molecule has 4 heteroatoms. The Labute approximate surface area is 102 Å². The van der Waals surface area contributed by atoms with E-state index in [4.69, 9.17) is 4.42 Å². The molecule has 0 saturated carbocycles. The highest BCUT2D eigenvalue weighted by molar-refractivity contribution is 5.07. The van der Waals surface area contributed by atoms with Crippen LogP contribution in [0.5, 0.6) is 0 Å². The van der Waals surface area contributed by atoms with Crippen LogP contribution in [0.1, 0.15) is 30.3 Å². The van der Waals surface area contributed by atoms with Gasteiger partial charge in [0.15, 0.2) is 5.89 Å². The monoisotopic (exact) mass is 235 g/mol. The van der Waals surface area contributed by atoms with E-state index in [0.717, 1.165) is 37.9 Å². The van der Waals surface area contributed by atoms with Gasteiger partial charge in [-0.3, -0.25) is 0 Å². The van der Waals surface area contributed by atoms with Gasteiger partial charge in [-0.2, -0.15) is 0 Å². The molecule has 4 nitrogen and oxygen atoms in total. The number of hydrogen-bond donors (Lipinski definition) is 1. The second-order valence-electron chi connectivity index (χ2n) is 5.50. The van der Waals surface area contributed by atoms with Crippen molar-refractivity contribution in [2.45, 2.75) is 25.2 Å². The number of nitrogens with one attached hydrogen (secondary N) is 1. The Morgan fingerprint density at radius 3 is 3.12 bits per heavy atom. The lowest BCUT2D eigenvalue weighted by molar-refractivity contribution is 0.248. The zero-order chi connectivity index (χ0) is 11.7. The third-order valence-electron chi connectivity index (χ3n) is 3.94. The Hall–Kier alpha value is -0.870. The summed E-state index contributed by atoms with van der Waals surface area (Å²) in [4.78, 5) is 7.06.